The molecule has 0 atom stereocenters. The summed E-state index contributed by atoms with van der Waals surface area (Å²) in [6, 6.07) is 7.74. The predicted molar refractivity (Wildman–Crippen MR) is 65.0 cm³/mol. The van der Waals surface area contributed by atoms with Gasteiger partial charge in [0.15, 0.2) is 0 Å². The Labute approximate surface area is 97.9 Å². The summed E-state index contributed by atoms with van der Waals surface area (Å²) in [5.74, 6) is -0.139. The number of rotatable bonds is 3. The Bertz CT molecular complexity index is 375. The Morgan fingerprint density at radius 2 is 2.20 bits per heavy atom. The van der Waals surface area contributed by atoms with Gasteiger partial charge in [0, 0.05) is 24.6 Å². The molecule has 0 aliphatic rings. The molecule has 80 valence electrons. The summed E-state index contributed by atoms with van der Waals surface area (Å²) in [6.07, 6.45) is 3.27. The van der Waals surface area contributed by atoms with E-state index in [1.165, 1.54) is 6.08 Å². The number of amides is 1. The molecule has 0 fully saturated rings. The summed E-state index contributed by atoms with van der Waals surface area (Å²) in [7, 11) is 3.54. The van der Waals surface area contributed by atoms with Crippen LogP contribution >= 0.6 is 15.9 Å². The number of hydrogen-bond acceptors (Lipinski definition) is 2. The maximum Gasteiger partial charge on any atom is 0.258 e. The van der Waals surface area contributed by atoms with Crippen molar-refractivity contribution in [3.63, 3.8) is 0 Å². The van der Waals surface area contributed by atoms with Gasteiger partial charge in [-0.25, -0.2) is 5.01 Å². The molecule has 1 aromatic rings. The predicted octanol–water partition coefficient (Wildman–Crippen LogP) is 2.06. The maximum atomic E-state index is 11.3. The molecule has 1 aromatic carbocycles. The second kappa shape index (κ2) is 5.68. The first-order valence-corrected chi connectivity index (χ1v) is 5.29. The van der Waals surface area contributed by atoms with Crippen LogP contribution < -0.4 is 5.43 Å². The second-order valence-electron chi connectivity index (χ2n) is 3.26. The van der Waals surface area contributed by atoms with E-state index in [2.05, 4.69) is 21.4 Å². The lowest BCUT2D eigenvalue weighted by molar-refractivity contribution is -0.119. The summed E-state index contributed by atoms with van der Waals surface area (Å²) in [4.78, 5) is 11.3. The van der Waals surface area contributed by atoms with Gasteiger partial charge in [-0.3, -0.25) is 10.2 Å². The Hall–Kier alpha value is -1.13. The molecule has 0 saturated carbocycles. The number of nitrogens with zero attached hydrogens (tertiary/aromatic N) is 1. The molecule has 0 aromatic heterocycles. The van der Waals surface area contributed by atoms with Gasteiger partial charge >= 0.3 is 0 Å². The summed E-state index contributed by atoms with van der Waals surface area (Å²) < 4.78 is 0.998. The molecular formula is C11H13BrN2O. The number of hydrogen-bond donors (Lipinski definition) is 1. The summed E-state index contributed by atoms with van der Waals surface area (Å²) in [6.45, 7) is 0. The van der Waals surface area contributed by atoms with Gasteiger partial charge in [-0.1, -0.05) is 28.1 Å². The average molecular weight is 269 g/mol. The fourth-order valence-electron chi connectivity index (χ4n) is 1.04. The zero-order chi connectivity index (χ0) is 11.3. The number of benzene rings is 1. The Balaban J connectivity index is 2.61. The third-order valence-electron chi connectivity index (χ3n) is 1.61. The van der Waals surface area contributed by atoms with E-state index in [1.807, 2.05) is 24.3 Å². The fraction of sp³-hybridized carbons (Fsp3) is 0.182. The van der Waals surface area contributed by atoms with Crippen molar-refractivity contribution in [3.05, 3.63) is 40.4 Å². The SMILES string of the molecule is CN(C)NC(=O)/C=C/c1cccc(Br)c1. The molecule has 15 heavy (non-hydrogen) atoms. The van der Waals surface area contributed by atoms with Crippen LogP contribution in [0.5, 0.6) is 0 Å². The molecule has 0 aliphatic carbocycles. The second-order valence-corrected chi connectivity index (χ2v) is 4.17. The van der Waals surface area contributed by atoms with Crippen molar-refractivity contribution in [2.75, 3.05) is 14.1 Å². The first-order valence-electron chi connectivity index (χ1n) is 4.49. The van der Waals surface area contributed by atoms with Crippen molar-refractivity contribution in [3.8, 4) is 0 Å². The van der Waals surface area contributed by atoms with Crippen LogP contribution in [0.2, 0.25) is 0 Å². The molecule has 0 saturated heterocycles. The lowest BCUT2D eigenvalue weighted by Gasteiger charge is -2.08. The molecule has 0 bridgehead atoms. The lowest BCUT2D eigenvalue weighted by atomic mass is 10.2. The van der Waals surface area contributed by atoms with Gasteiger partial charge in [-0.2, -0.15) is 0 Å². The fourth-order valence-corrected chi connectivity index (χ4v) is 1.46. The number of halogens is 1. The molecule has 1 rings (SSSR count). The van der Waals surface area contributed by atoms with Crippen LogP contribution in [0.1, 0.15) is 5.56 Å². The number of carbonyl (C=O) groups excluding carboxylic acids is 1. The topological polar surface area (TPSA) is 32.3 Å². The molecule has 4 heteroatoms. The van der Waals surface area contributed by atoms with E-state index in [0.29, 0.717) is 0 Å². The third kappa shape index (κ3) is 4.76. The highest BCUT2D eigenvalue weighted by atomic mass is 79.9. The number of hydrazine groups is 1. The van der Waals surface area contributed by atoms with E-state index < -0.39 is 0 Å². The van der Waals surface area contributed by atoms with Gasteiger partial charge in [-0.05, 0) is 23.8 Å². The van der Waals surface area contributed by atoms with Gasteiger partial charge in [0.25, 0.3) is 5.91 Å². The summed E-state index contributed by atoms with van der Waals surface area (Å²) in [5, 5.41) is 1.60. The molecule has 1 N–H and O–H groups in total. The quantitative estimate of drug-likeness (QED) is 0.673. The van der Waals surface area contributed by atoms with E-state index in [-0.39, 0.29) is 5.91 Å². The normalized spacial score (nSPS) is 10.9. The monoisotopic (exact) mass is 268 g/mol. The van der Waals surface area contributed by atoms with E-state index in [0.717, 1.165) is 10.0 Å². The highest BCUT2D eigenvalue weighted by Crippen LogP contribution is 2.12. The van der Waals surface area contributed by atoms with Crippen LogP contribution in [0.25, 0.3) is 6.08 Å². The molecule has 1 amide bonds. The van der Waals surface area contributed by atoms with E-state index >= 15 is 0 Å². The van der Waals surface area contributed by atoms with E-state index in [4.69, 9.17) is 0 Å². The summed E-state index contributed by atoms with van der Waals surface area (Å²) in [5.41, 5.74) is 3.61. The molecular weight excluding hydrogens is 256 g/mol. The van der Waals surface area contributed by atoms with Gasteiger partial charge in [-0.15, -0.1) is 0 Å². The van der Waals surface area contributed by atoms with Gasteiger partial charge in [0.1, 0.15) is 0 Å². The maximum absolute atomic E-state index is 11.3. The third-order valence-corrected chi connectivity index (χ3v) is 2.10. The lowest BCUT2D eigenvalue weighted by Crippen LogP contribution is -2.34. The minimum Gasteiger partial charge on any atom is -0.286 e. The average Bonchev–Trinajstić information content (AvgIpc) is 2.14. The van der Waals surface area contributed by atoms with Crippen LogP contribution in [0.3, 0.4) is 0 Å². The Morgan fingerprint density at radius 3 is 2.80 bits per heavy atom. The van der Waals surface area contributed by atoms with Crippen LogP contribution in [0.4, 0.5) is 0 Å². The smallest absolute Gasteiger partial charge is 0.258 e. The molecule has 0 aliphatic heterocycles. The molecule has 0 radical (unpaired) electrons. The Kier molecular flexibility index (Phi) is 4.52. The van der Waals surface area contributed by atoms with E-state index in [1.54, 1.807) is 25.2 Å². The van der Waals surface area contributed by atoms with Crippen LogP contribution in [-0.2, 0) is 4.79 Å². The summed E-state index contributed by atoms with van der Waals surface area (Å²) >= 11 is 3.37. The van der Waals surface area contributed by atoms with Crippen molar-refractivity contribution in [1.29, 1.82) is 0 Å². The minimum absolute atomic E-state index is 0.139. The largest absolute Gasteiger partial charge is 0.286 e. The zero-order valence-electron chi connectivity index (χ0n) is 8.70. The van der Waals surface area contributed by atoms with Crippen molar-refractivity contribution in [1.82, 2.24) is 10.4 Å². The van der Waals surface area contributed by atoms with Crippen molar-refractivity contribution >= 4 is 27.9 Å². The van der Waals surface area contributed by atoms with Crippen LogP contribution in [0, 0.1) is 0 Å². The van der Waals surface area contributed by atoms with Crippen molar-refractivity contribution in [2.45, 2.75) is 0 Å². The van der Waals surface area contributed by atoms with Gasteiger partial charge in [0.05, 0.1) is 0 Å². The molecule has 0 spiro atoms. The Morgan fingerprint density at radius 1 is 1.47 bits per heavy atom. The van der Waals surface area contributed by atoms with Crippen LogP contribution in [0.15, 0.2) is 34.8 Å². The van der Waals surface area contributed by atoms with Gasteiger partial charge in [0.2, 0.25) is 0 Å². The first-order chi connectivity index (χ1) is 7.08. The number of carbonyl (C=O) groups is 1. The zero-order valence-corrected chi connectivity index (χ0v) is 10.3. The van der Waals surface area contributed by atoms with Crippen LogP contribution in [-0.4, -0.2) is 25.0 Å². The standard InChI is InChI=1S/C11H13BrN2O/c1-14(2)13-11(15)7-6-9-4-3-5-10(12)8-9/h3-8H,1-2H3,(H,13,15)/b7-6+. The van der Waals surface area contributed by atoms with Crippen molar-refractivity contribution < 1.29 is 4.79 Å². The van der Waals surface area contributed by atoms with Crippen molar-refractivity contribution in [2.24, 2.45) is 0 Å². The molecule has 0 unspecified atom stereocenters. The molecule has 3 nitrogen and oxygen atoms in total. The van der Waals surface area contributed by atoms with Gasteiger partial charge < -0.3 is 0 Å². The highest BCUT2D eigenvalue weighted by Gasteiger charge is 1.95. The minimum atomic E-state index is -0.139. The number of nitrogens with one attached hydrogen (secondary N) is 1. The highest BCUT2D eigenvalue weighted by molar-refractivity contribution is 9.10. The first kappa shape index (κ1) is 11.9. The molecule has 0 heterocycles. The van der Waals surface area contributed by atoms with E-state index in [9.17, 15) is 4.79 Å².